The number of benzene rings is 2. The first-order valence-electron chi connectivity index (χ1n) is 6.55. The summed E-state index contributed by atoms with van der Waals surface area (Å²) >= 11 is 0. The van der Waals surface area contributed by atoms with E-state index in [2.05, 4.69) is 0 Å². The molecule has 0 aromatic heterocycles. The van der Waals surface area contributed by atoms with Gasteiger partial charge in [-0.3, -0.25) is 0 Å². The molecule has 21 heavy (non-hydrogen) atoms. The monoisotopic (exact) mass is 284 g/mol. The fraction of sp³-hybridized carbons (Fsp3) is 0.125. The molecule has 0 spiro atoms. The number of methoxy groups -OCH3 is 1. The quantitative estimate of drug-likeness (QED) is 0.567. The molecule has 5 heteroatoms. The Hall–Kier alpha value is -2.08. The highest BCUT2D eigenvalue weighted by Gasteiger charge is 2.08. The van der Waals surface area contributed by atoms with Gasteiger partial charge in [-0.05, 0) is 40.4 Å². The van der Waals surface area contributed by atoms with E-state index in [1.165, 1.54) is 0 Å². The molecule has 4 nitrogen and oxygen atoms in total. The van der Waals surface area contributed by atoms with Gasteiger partial charge in [0.15, 0.2) is 0 Å². The van der Waals surface area contributed by atoms with Crippen LogP contribution in [0.3, 0.4) is 0 Å². The molecule has 0 aliphatic heterocycles. The molecular formula is C16H17BO4. The molecule has 0 radical (unpaired) electrons. The fourth-order valence-corrected chi connectivity index (χ4v) is 1.96. The van der Waals surface area contributed by atoms with Crippen LogP contribution in [0.1, 0.15) is 16.7 Å². The molecular weight excluding hydrogens is 267 g/mol. The second kappa shape index (κ2) is 7.08. The third-order valence-electron chi connectivity index (χ3n) is 3.11. The third kappa shape index (κ3) is 4.19. The summed E-state index contributed by atoms with van der Waals surface area (Å²) in [6.45, 7) is -0.0406. The van der Waals surface area contributed by atoms with E-state index in [-0.39, 0.29) is 6.61 Å². The van der Waals surface area contributed by atoms with Crippen LogP contribution in [0.4, 0.5) is 0 Å². The Morgan fingerprint density at radius 1 is 1.00 bits per heavy atom. The summed E-state index contributed by atoms with van der Waals surface area (Å²) < 4.78 is 5.19. The van der Waals surface area contributed by atoms with Gasteiger partial charge in [0.2, 0.25) is 0 Å². The van der Waals surface area contributed by atoms with Crippen molar-refractivity contribution >= 4 is 24.7 Å². The van der Waals surface area contributed by atoms with E-state index in [4.69, 9.17) is 14.8 Å². The molecule has 0 aliphatic carbocycles. The van der Waals surface area contributed by atoms with Crippen molar-refractivity contribution in [3.05, 3.63) is 59.2 Å². The Morgan fingerprint density at radius 3 is 2.24 bits per heavy atom. The lowest BCUT2D eigenvalue weighted by Gasteiger charge is -2.05. The first kappa shape index (κ1) is 15.3. The molecule has 0 amide bonds. The summed E-state index contributed by atoms with van der Waals surface area (Å²) in [5.41, 5.74) is 3.10. The van der Waals surface area contributed by atoms with Crippen molar-refractivity contribution in [2.45, 2.75) is 6.61 Å². The Kier molecular flexibility index (Phi) is 5.17. The van der Waals surface area contributed by atoms with Gasteiger partial charge in [-0.2, -0.15) is 0 Å². The first-order valence-corrected chi connectivity index (χ1v) is 6.55. The summed E-state index contributed by atoms with van der Waals surface area (Å²) in [5, 5.41) is 27.3. The van der Waals surface area contributed by atoms with E-state index in [9.17, 15) is 5.11 Å². The summed E-state index contributed by atoms with van der Waals surface area (Å²) in [7, 11) is 0.136. The van der Waals surface area contributed by atoms with Crippen molar-refractivity contribution in [3.63, 3.8) is 0 Å². The van der Waals surface area contributed by atoms with Crippen LogP contribution in [0.5, 0.6) is 5.75 Å². The maximum absolute atomic E-state index is 9.22. The molecule has 3 N–H and O–H groups in total. The minimum Gasteiger partial charge on any atom is -0.497 e. The molecule has 2 rings (SSSR count). The number of hydrogen-bond donors (Lipinski definition) is 3. The van der Waals surface area contributed by atoms with E-state index in [0.29, 0.717) is 11.2 Å². The highest BCUT2D eigenvalue weighted by molar-refractivity contribution is 6.58. The van der Waals surface area contributed by atoms with E-state index >= 15 is 0 Å². The van der Waals surface area contributed by atoms with Crippen LogP contribution in [-0.2, 0) is 6.61 Å². The van der Waals surface area contributed by atoms with E-state index in [0.717, 1.165) is 16.7 Å². The Morgan fingerprint density at radius 2 is 1.67 bits per heavy atom. The minimum atomic E-state index is -1.45. The van der Waals surface area contributed by atoms with Gasteiger partial charge in [0, 0.05) is 0 Å². The third-order valence-corrected chi connectivity index (χ3v) is 3.11. The average molecular weight is 284 g/mol. The van der Waals surface area contributed by atoms with Gasteiger partial charge in [-0.15, -0.1) is 0 Å². The van der Waals surface area contributed by atoms with Crippen molar-refractivity contribution in [1.82, 2.24) is 0 Å². The van der Waals surface area contributed by atoms with Gasteiger partial charge in [-0.25, -0.2) is 0 Å². The molecule has 0 fully saturated rings. The smallest absolute Gasteiger partial charge is 0.488 e. The maximum atomic E-state index is 9.22. The predicted octanol–water partition coefficient (Wildman–Crippen LogP) is 1.04. The number of ether oxygens (including phenoxy) is 1. The van der Waals surface area contributed by atoms with Crippen LogP contribution in [0.25, 0.3) is 12.2 Å². The zero-order chi connectivity index (χ0) is 15.2. The van der Waals surface area contributed by atoms with Crippen LogP contribution >= 0.6 is 0 Å². The van der Waals surface area contributed by atoms with Gasteiger partial charge >= 0.3 is 7.12 Å². The molecule has 0 atom stereocenters. The Balaban J connectivity index is 2.20. The van der Waals surface area contributed by atoms with Crippen molar-refractivity contribution in [2.75, 3.05) is 7.11 Å². The zero-order valence-corrected chi connectivity index (χ0v) is 11.7. The largest absolute Gasteiger partial charge is 0.497 e. The summed E-state index contributed by atoms with van der Waals surface area (Å²) in [4.78, 5) is 0. The zero-order valence-electron chi connectivity index (χ0n) is 11.7. The molecule has 0 saturated carbocycles. The van der Waals surface area contributed by atoms with E-state index in [1.54, 1.807) is 37.4 Å². The second-order valence-electron chi connectivity index (χ2n) is 4.65. The van der Waals surface area contributed by atoms with Crippen LogP contribution in [0.15, 0.2) is 42.5 Å². The summed E-state index contributed by atoms with van der Waals surface area (Å²) in [6.07, 6.45) is 3.82. The van der Waals surface area contributed by atoms with E-state index < -0.39 is 7.12 Å². The van der Waals surface area contributed by atoms with Gasteiger partial charge in [0.1, 0.15) is 5.75 Å². The molecule has 0 bridgehead atoms. The number of aliphatic hydroxyl groups excluding tert-OH is 1. The predicted molar refractivity (Wildman–Crippen MR) is 84.1 cm³/mol. The molecule has 2 aromatic carbocycles. The van der Waals surface area contributed by atoms with Crippen LogP contribution in [-0.4, -0.2) is 29.4 Å². The lowest BCUT2D eigenvalue weighted by Crippen LogP contribution is -2.29. The van der Waals surface area contributed by atoms with Crippen molar-refractivity contribution in [1.29, 1.82) is 0 Å². The minimum absolute atomic E-state index is 0.0406. The van der Waals surface area contributed by atoms with Gasteiger partial charge in [-0.1, -0.05) is 36.4 Å². The molecule has 0 heterocycles. The number of hydrogen-bond acceptors (Lipinski definition) is 4. The van der Waals surface area contributed by atoms with Gasteiger partial charge in [0.05, 0.1) is 13.7 Å². The fourth-order valence-electron chi connectivity index (χ4n) is 1.96. The molecule has 0 aliphatic rings. The Bertz CT molecular complexity index is 598. The Labute approximate surface area is 124 Å². The molecule has 108 valence electrons. The standard InChI is InChI=1S/C16H17BO4/c1-21-16-9-13(8-14(10-16)11-18)3-2-12-4-6-15(7-5-12)17(19)20/h2-10,18-20H,11H2,1H3/b3-2+. The number of aliphatic hydroxyl groups is 1. The van der Waals surface area contributed by atoms with Crippen molar-refractivity contribution in [3.8, 4) is 5.75 Å². The normalized spacial score (nSPS) is 10.9. The number of rotatable bonds is 5. The lowest BCUT2D eigenvalue weighted by atomic mass is 9.80. The van der Waals surface area contributed by atoms with Crippen LogP contribution in [0, 0.1) is 0 Å². The average Bonchev–Trinajstić information content (AvgIpc) is 2.52. The highest BCUT2D eigenvalue weighted by Crippen LogP contribution is 2.19. The van der Waals surface area contributed by atoms with Crippen molar-refractivity contribution < 1.29 is 19.9 Å². The topological polar surface area (TPSA) is 69.9 Å². The highest BCUT2D eigenvalue weighted by atomic mass is 16.5. The van der Waals surface area contributed by atoms with Gasteiger partial charge < -0.3 is 19.9 Å². The first-order chi connectivity index (χ1) is 10.1. The molecule has 2 aromatic rings. The lowest BCUT2D eigenvalue weighted by molar-refractivity contribution is 0.281. The van der Waals surface area contributed by atoms with Crippen LogP contribution < -0.4 is 10.2 Å². The van der Waals surface area contributed by atoms with Gasteiger partial charge in [0.25, 0.3) is 0 Å². The van der Waals surface area contributed by atoms with E-state index in [1.807, 2.05) is 24.3 Å². The van der Waals surface area contributed by atoms with Crippen molar-refractivity contribution in [2.24, 2.45) is 0 Å². The maximum Gasteiger partial charge on any atom is 0.488 e. The summed E-state index contributed by atoms with van der Waals surface area (Å²) in [6, 6.07) is 12.5. The summed E-state index contributed by atoms with van der Waals surface area (Å²) in [5.74, 6) is 0.694. The second-order valence-corrected chi connectivity index (χ2v) is 4.65. The SMILES string of the molecule is COc1cc(/C=C/c2ccc(B(O)O)cc2)cc(CO)c1. The van der Waals surface area contributed by atoms with Crippen LogP contribution in [0.2, 0.25) is 0 Å². The molecule has 0 saturated heterocycles. The molecule has 0 unspecified atom stereocenters.